The molecule has 6 heteroatoms. The van der Waals surface area contributed by atoms with E-state index < -0.39 is 0 Å². The average molecular weight is 374 g/mol. The van der Waals surface area contributed by atoms with Crippen LogP contribution < -0.4 is 5.32 Å². The van der Waals surface area contributed by atoms with Gasteiger partial charge in [-0.1, -0.05) is 12.1 Å². The number of rotatable bonds is 5. The van der Waals surface area contributed by atoms with Gasteiger partial charge in [0.15, 0.2) is 0 Å². The number of amides is 2. The van der Waals surface area contributed by atoms with Gasteiger partial charge in [-0.25, -0.2) is 4.98 Å². The Bertz CT molecular complexity index is 941. The van der Waals surface area contributed by atoms with Crippen LogP contribution in [0.15, 0.2) is 67.3 Å². The quantitative estimate of drug-likeness (QED) is 0.746. The van der Waals surface area contributed by atoms with E-state index in [9.17, 15) is 9.59 Å². The van der Waals surface area contributed by atoms with Gasteiger partial charge in [-0.2, -0.15) is 0 Å². The van der Waals surface area contributed by atoms with Crippen LogP contribution in [0.4, 0.5) is 0 Å². The molecule has 1 aliphatic heterocycles. The first kappa shape index (κ1) is 18.0. The maximum absolute atomic E-state index is 12.4. The predicted molar refractivity (Wildman–Crippen MR) is 106 cm³/mol. The highest BCUT2D eigenvalue weighted by Gasteiger charge is 2.19. The number of hydrogen-bond acceptors (Lipinski definition) is 3. The number of nitrogens with zero attached hydrogens (tertiary/aromatic N) is 3. The number of nitrogens with one attached hydrogen (secondary N) is 1. The summed E-state index contributed by atoms with van der Waals surface area (Å²) in [6.07, 6.45) is 7.45. The molecule has 0 saturated carbocycles. The molecule has 2 amide bonds. The highest BCUT2D eigenvalue weighted by molar-refractivity contribution is 5.95. The van der Waals surface area contributed by atoms with E-state index in [1.807, 2.05) is 52.1 Å². The Morgan fingerprint density at radius 2 is 1.61 bits per heavy atom. The SMILES string of the molecule is O=C(NCc1ccc(C(=O)N2CCCC2)cc1)c1ccc(-n2ccnc2)cc1. The zero-order valence-electron chi connectivity index (χ0n) is 15.5. The number of benzene rings is 2. The number of carbonyl (C=O) groups is 2. The van der Waals surface area contributed by atoms with Crippen LogP contribution in [0.1, 0.15) is 39.1 Å². The van der Waals surface area contributed by atoms with Gasteiger partial charge in [-0.3, -0.25) is 9.59 Å². The molecule has 1 N–H and O–H groups in total. The van der Waals surface area contributed by atoms with Gasteiger partial charge in [-0.05, 0) is 54.8 Å². The van der Waals surface area contributed by atoms with E-state index >= 15 is 0 Å². The minimum Gasteiger partial charge on any atom is -0.348 e. The van der Waals surface area contributed by atoms with Crippen LogP contribution >= 0.6 is 0 Å². The molecule has 6 nitrogen and oxygen atoms in total. The molecule has 0 atom stereocenters. The monoisotopic (exact) mass is 374 g/mol. The van der Waals surface area contributed by atoms with Crippen molar-refractivity contribution in [3.8, 4) is 5.69 Å². The van der Waals surface area contributed by atoms with E-state index in [2.05, 4.69) is 10.3 Å². The molecule has 1 saturated heterocycles. The molecule has 1 fully saturated rings. The highest BCUT2D eigenvalue weighted by atomic mass is 16.2. The Balaban J connectivity index is 1.33. The van der Waals surface area contributed by atoms with E-state index in [1.165, 1.54) is 0 Å². The summed E-state index contributed by atoms with van der Waals surface area (Å²) >= 11 is 0. The van der Waals surface area contributed by atoms with Gasteiger partial charge in [0.25, 0.3) is 11.8 Å². The van der Waals surface area contributed by atoms with Gasteiger partial charge in [0.2, 0.25) is 0 Å². The highest BCUT2D eigenvalue weighted by Crippen LogP contribution is 2.14. The number of carbonyl (C=O) groups excluding carboxylic acids is 2. The Kier molecular flexibility index (Phi) is 5.19. The number of likely N-dealkylation sites (tertiary alicyclic amines) is 1. The van der Waals surface area contributed by atoms with Crippen molar-refractivity contribution in [3.05, 3.63) is 83.9 Å². The molecule has 0 radical (unpaired) electrons. The first-order valence-corrected chi connectivity index (χ1v) is 9.45. The topological polar surface area (TPSA) is 67.2 Å². The second kappa shape index (κ2) is 8.08. The van der Waals surface area contributed by atoms with E-state index in [0.29, 0.717) is 17.7 Å². The van der Waals surface area contributed by atoms with Gasteiger partial charge >= 0.3 is 0 Å². The lowest BCUT2D eigenvalue weighted by Crippen LogP contribution is -2.27. The van der Waals surface area contributed by atoms with Gasteiger partial charge in [0.05, 0.1) is 6.33 Å². The second-order valence-corrected chi connectivity index (χ2v) is 6.90. The molecule has 28 heavy (non-hydrogen) atoms. The third kappa shape index (κ3) is 3.96. The van der Waals surface area contributed by atoms with Crippen molar-refractivity contribution in [3.63, 3.8) is 0 Å². The summed E-state index contributed by atoms with van der Waals surface area (Å²) < 4.78 is 1.88. The Morgan fingerprint density at radius 1 is 0.929 bits per heavy atom. The van der Waals surface area contributed by atoms with Crippen molar-refractivity contribution >= 4 is 11.8 Å². The van der Waals surface area contributed by atoms with Crippen LogP contribution in [-0.4, -0.2) is 39.4 Å². The summed E-state index contributed by atoms with van der Waals surface area (Å²) in [5.41, 5.74) is 3.21. The molecular weight excluding hydrogens is 352 g/mol. The lowest BCUT2D eigenvalue weighted by Gasteiger charge is -2.15. The van der Waals surface area contributed by atoms with Gasteiger partial charge in [-0.15, -0.1) is 0 Å². The summed E-state index contributed by atoms with van der Waals surface area (Å²) in [5.74, 6) is -0.0412. The molecule has 142 valence electrons. The predicted octanol–water partition coefficient (Wildman–Crippen LogP) is 3.04. The molecule has 1 aromatic heterocycles. The fourth-order valence-corrected chi connectivity index (χ4v) is 3.35. The first-order valence-electron chi connectivity index (χ1n) is 9.45. The van der Waals surface area contributed by atoms with Crippen LogP contribution in [0.5, 0.6) is 0 Å². The second-order valence-electron chi connectivity index (χ2n) is 6.90. The summed E-state index contributed by atoms with van der Waals surface area (Å²) in [4.78, 5) is 30.7. The van der Waals surface area contributed by atoms with Crippen molar-refractivity contribution in [2.75, 3.05) is 13.1 Å². The molecule has 0 aliphatic carbocycles. The average Bonchev–Trinajstić information content (AvgIpc) is 3.46. The Morgan fingerprint density at radius 3 is 2.25 bits per heavy atom. The summed E-state index contributed by atoms with van der Waals surface area (Å²) in [6, 6.07) is 14.8. The number of hydrogen-bond donors (Lipinski definition) is 1. The van der Waals surface area contributed by atoms with Crippen molar-refractivity contribution in [2.24, 2.45) is 0 Å². The Labute approximate surface area is 163 Å². The minimum absolute atomic E-state index is 0.0890. The number of aromatic nitrogens is 2. The lowest BCUT2D eigenvalue weighted by molar-refractivity contribution is 0.0792. The first-order chi connectivity index (χ1) is 13.7. The van der Waals surface area contributed by atoms with Crippen molar-refractivity contribution < 1.29 is 9.59 Å². The molecular formula is C22H22N4O2. The summed E-state index contributed by atoms with van der Waals surface area (Å²) in [5, 5.41) is 2.92. The van der Waals surface area contributed by atoms with Gasteiger partial charge in [0.1, 0.15) is 0 Å². The molecule has 0 spiro atoms. The van der Waals surface area contributed by atoms with E-state index in [-0.39, 0.29) is 11.8 Å². The minimum atomic E-state index is -0.130. The molecule has 3 aromatic rings. The molecule has 0 unspecified atom stereocenters. The van der Waals surface area contributed by atoms with Crippen LogP contribution in [0.25, 0.3) is 5.69 Å². The fraction of sp³-hybridized carbons (Fsp3) is 0.227. The zero-order valence-corrected chi connectivity index (χ0v) is 15.5. The molecule has 4 rings (SSSR count). The van der Waals surface area contributed by atoms with Crippen molar-refractivity contribution in [1.82, 2.24) is 19.8 Å². The lowest BCUT2D eigenvalue weighted by atomic mass is 10.1. The van der Waals surface area contributed by atoms with Crippen molar-refractivity contribution in [2.45, 2.75) is 19.4 Å². The molecule has 2 heterocycles. The summed E-state index contributed by atoms with van der Waals surface area (Å²) in [6.45, 7) is 2.10. The van der Waals surface area contributed by atoms with Crippen LogP contribution in [0, 0.1) is 0 Å². The maximum atomic E-state index is 12.4. The Hall–Kier alpha value is -3.41. The standard InChI is InChI=1S/C22H22N4O2/c27-21(18-7-9-20(10-8-18)26-14-11-23-16-26)24-15-17-3-5-19(6-4-17)22(28)25-12-1-2-13-25/h3-11,14,16H,1-2,12-13,15H2,(H,24,27). The summed E-state index contributed by atoms with van der Waals surface area (Å²) in [7, 11) is 0. The van der Waals surface area contributed by atoms with E-state index in [1.54, 1.807) is 24.7 Å². The smallest absolute Gasteiger partial charge is 0.253 e. The van der Waals surface area contributed by atoms with Gasteiger partial charge in [0, 0.05) is 48.8 Å². The number of imidazole rings is 1. The van der Waals surface area contributed by atoms with Crippen LogP contribution in [0.3, 0.4) is 0 Å². The molecule has 0 bridgehead atoms. The normalized spacial score (nSPS) is 13.5. The largest absolute Gasteiger partial charge is 0.348 e. The van der Waals surface area contributed by atoms with E-state index in [4.69, 9.17) is 0 Å². The molecule has 1 aliphatic rings. The third-order valence-electron chi connectivity index (χ3n) is 4.98. The maximum Gasteiger partial charge on any atom is 0.253 e. The third-order valence-corrected chi connectivity index (χ3v) is 4.98. The fourth-order valence-electron chi connectivity index (χ4n) is 3.35. The molecule has 2 aromatic carbocycles. The van der Waals surface area contributed by atoms with Crippen LogP contribution in [-0.2, 0) is 6.54 Å². The van der Waals surface area contributed by atoms with Gasteiger partial charge < -0.3 is 14.8 Å². The van der Waals surface area contributed by atoms with Crippen molar-refractivity contribution in [1.29, 1.82) is 0 Å². The zero-order chi connectivity index (χ0) is 19.3. The van der Waals surface area contributed by atoms with Crippen LogP contribution in [0.2, 0.25) is 0 Å². The van der Waals surface area contributed by atoms with E-state index in [0.717, 1.165) is 37.2 Å².